The van der Waals surface area contributed by atoms with Gasteiger partial charge in [-0.2, -0.15) is 0 Å². The van der Waals surface area contributed by atoms with Crippen LogP contribution in [0, 0.1) is 0 Å². The third-order valence-electron chi connectivity index (χ3n) is 3.62. The molecule has 1 aliphatic rings. The molecule has 1 atom stereocenters. The lowest BCUT2D eigenvalue weighted by molar-refractivity contribution is 0.0696. The zero-order valence-corrected chi connectivity index (χ0v) is 14.5. The normalized spacial score (nSPS) is 16.8. The Morgan fingerprint density at radius 2 is 2.08 bits per heavy atom. The Kier molecular flexibility index (Phi) is 6.16. The molecular formula is C15H22N2O6S. The average Bonchev–Trinajstić information content (AvgIpc) is 2.54. The van der Waals surface area contributed by atoms with Gasteiger partial charge in [-0.25, -0.2) is 17.9 Å². The number of aromatic carboxylic acids is 1. The number of carboxylic acids is 1. The van der Waals surface area contributed by atoms with E-state index in [-0.39, 0.29) is 17.1 Å². The highest BCUT2D eigenvalue weighted by molar-refractivity contribution is 7.89. The van der Waals surface area contributed by atoms with Gasteiger partial charge in [0.05, 0.1) is 31.1 Å². The van der Waals surface area contributed by atoms with Crippen LogP contribution in [0.2, 0.25) is 0 Å². The van der Waals surface area contributed by atoms with Crippen LogP contribution in [-0.4, -0.2) is 65.6 Å². The van der Waals surface area contributed by atoms with E-state index in [4.69, 9.17) is 9.47 Å². The number of benzene rings is 1. The number of ether oxygens (including phenoxy) is 2. The molecule has 24 heavy (non-hydrogen) atoms. The van der Waals surface area contributed by atoms with Gasteiger partial charge >= 0.3 is 5.97 Å². The maximum absolute atomic E-state index is 12.7. The summed E-state index contributed by atoms with van der Waals surface area (Å²) in [7, 11) is -2.41. The smallest absolute Gasteiger partial charge is 0.335 e. The van der Waals surface area contributed by atoms with E-state index in [1.165, 1.54) is 25.3 Å². The molecule has 9 heteroatoms. The number of hydrogen-bond acceptors (Lipinski definition) is 6. The van der Waals surface area contributed by atoms with Crippen molar-refractivity contribution in [2.75, 3.05) is 44.9 Å². The first-order chi connectivity index (χ1) is 11.3. The minimum absolute atomic E-state index is 0.0488. The number of sulfonamides is 1. The first-order valence-electron chi connectivity index (χ1n) is 7.56. The van der Waals surface area contributed by atoms with Gasteiger partial charge in [0, 0.05) is 26.2 Å². The Morgan fingerprint density at radius 3 is 2.67 bits per heavy atom. The van der Waals surface area contributed by atoms with E-state index in [1.807, 2.05) is 4.90 Å². The molecule has 0 radical (unpaired) electrons. The molecule has 1 saturated heterocycles. The molecule has 0 amide bonds. The molecule has 8 nitrogen and oxygen atoms in total. The number of carbonyl (C=O) groups is 1. The van der Waals surface area contributed by atoms with Gasteiger partial charge in [0.1, 0.15) is 4.90 Å². The Bertz CT molecular complexity index is 685. The highest BCUT2D eigenvalue weighted by Crippen LogP contribution is 2.27. The van der Waals surface area contributed by atoms with Gasteiger partial charge in [0.2, 0.25) is 10.0 Å². The Balaban J connectivity index is 2.43. The van der Waals surface area contributed by atoms with Gasteiger partial charge < -0.3 is 19.5 Å². The van der Waals surface area contributed by atoms with E-state index >= 15 is 0 Å². The van der Waals surface area contributed by atoms with Crippen LogP contribution < -0.4 is 9.62 Å². The lowest BCUT2D eigenvalue weighted by Gasteiger charge is -2.30. The van der Waals surface area contributed by atoms with E-state index in [0.29, 0.717) is 32.0 Å². The molecule has 1 heterocycles. The molecule has 0 saturated carbocycles. The first-order valence-corrected chi connectivity index (χ1v) is 9.05. The predicted octanol–water partition coefficient (Wildman–Crippen LogP) is 0.535. The van der Waals surface area contributed by atoms with Gasteiger partial charge in [-0.3, -0.25) is 0 Å². The second kappa shape index (κ2) is 7.93. The van der Waals surface area contributed by atoms with Gasteiger partial charge in [0.25, 0.3) is 0 Å². The number of nitrogens with zero attached hydrogens (tertiary/aromatic N) is 1. The zero-order valence-electron chi connectivity index (χ0n) is 13.7. The number of rotatable bonds is 7. The topological polar surface area (TPSA) is 105 Å². The van der Waals surface area contributed by atoms with Gasteiger partial charge in [-0.1, -0.05) is 0 Å². The van der Waals surface area contributed by atoms with Crippen molar-refractivity contribution in [3.8, 4) is 0 Å². The third-order valence-corrected chi connectivity index (χ3v) is 5.24. The third kappa shape index (κ3) is 4.44. The van der Waals surface area contributed by atoms with Crippen molar-refractivity contribution in [2.45, 2.75) is 17.9 Å². The van der Waals surface area contributed by atoms with E-state index in [9.17, 15) is 18.3 Å². The van der Waals surface area contributed by atoms with Crippen LogP contribution in [0.15, 0.2) is 23.1 Å². The van der Waals surface area contributed by atoms with Crippen molar-refractivity contribution in [3.63, 3.8) is 0 Å². The summed E-state index contributed by atoms with van der Waals surface area (Å²) >= 11 is 0. The Morgan fingerprint density at radius 1 is 1.42 bits per heavy atom. The van der Waals surface area contributed by atoms with E-state index in [2.05, 4.69) is 4.72 Å². The number of methoxy groups -OCH3 is 1. The Hall–Kier alpha value is -1.68. The SMILES string of the molecule is COC[C@@H](C)NS(=O)(=O)c1cc(C(=O)O)ccc1N1CCOCC1. The summed E-state index contributed by atoms with van der Waals surface area (Å²) < 4.78 is 38.2. The van der Waals surface area contributed by atoms with Crippen LogP contribution in [0.3, 0.4) is 0 Å². The molecule has 0 aliphatic carbocycles. The standard InChI is InChI=1S/C15H22N2O6S/c1-11(10-22-2)16-24(20,21)14-9-12(15(18)19)3-4-13(14)17-5-7-23-8-6-17/h3-4,9,11,16H,5-8,10H2,1-2H3,(H,18,19)/t11-/m1/s1. The Labute approximate surface area is 141 Å². The minimum atomic E-state index is -3.89. The molecule has 0 spiro atoms. The highest BCUT2D eigenvalue weighted by atomic mass is 32.2. The summed E-state index contributed by atoms with van der Waals surface area (Å²) in [5, 5.41) is 9.17. The fourth-order valence-electron chi connectivity index (χ4n) is 2.54. The van der Waals surface area contributed by atoms with Gasteiger partial charge in [0.15, 0.2) is 0 Å². The second-order valence-electron chi connectivity index (χ2n) is 5.56. The summed E-state index contributed by atoms with van der Waals surface area (Å²) in [6, 6.07) is 3.69. The molecule has 134 valence electrons. The van der Waals surface area contributed by atoms with Gasteiger partial charge in [-0.15, -0.1) is 0 Å². The molecule has 1 fully saturated rings. The van der Waals surface area contributed by atoms with Crippen LogP contribution in [0.25, 0.3) is 0 Å². The molecule has 0 bridgehead atoms. The van der Waals surface area contributed by atoms with Crippen molar-refractivity contribution in [2.24, 2.45) is 0 Å². The maximum atomic E-state index is 12.7. The summed E-state index contributed by atoms with van der Waals surface area (Å²) in [6.45, 7) is 3.97. The summed E-state index contributed by atoms with van der Waals surface area (Å²) in [5.74, 6) is -1.18. The van der Waals surface area contributed by atoms with Crippen LogP contribution in [0.4, 0.5) is 5.69 Å². The monoisotopic (exact) mass is 358 g/mol. The number of morpholine rings is 1. The molecule has 0 unspecified atom stereocenters. The van der Waals surface area contributed by atoms with Crippen molar-refractivity contribution in [1.29, 1.82) is 0 Å². The fraction of sp³-hybridized carbons (Fsp3) is 0.533. The van der Waals surface area contributed by atoms with Crippen molar-refractivity contribution < 1.29 is 27.8 Å². The minimum Gasteiger partial charge on any atom is -0.478 e. The second-order valence-corrected chi connectivity index (χ2v) is 7.25. The fourth-order valence-corrected chi connectivity index (χ4v) is 4.02. The van der Waals surface area contributed by atoms with Crippen LogP contribution in [0.5, 0.6) is 0 Å². The van der Waals surface area contributed by atoms with E-state index in [1.54, 1.807) is 6.92 Å². The summed E-state index contributed by atoms with van der Waals surface area (Å²) in [5.41, 5.74) is 0.396. The van der Waals surface area contributed by atoms with E-state index in [0.717, 1.165) is 0 Å². The average molecular weight is 358 g/mol. The lowest BCUT2D eigenvalue weighted by Crippen LogP contribution is -2.39. The van der Waals surface area contributed by atoms with Crippen molar-refractivity contribution >= 4 is 21.7 Å². The summed E-state index contributed by atoms with van der Waals surface area (Å²) in [6.07, 6.45) is 0. The lowest BCUT2D eigenvalue weighted by atomic mass is 10.2. The zero-order chi connectivity index (χ0) is 17.7. The highest BCUT2D eigenvalue weighted by Gasteiger charge is 2.26. The number of carboxylic acid groups (broad SMARTS) is 1. The molecule has 1 aromatic rings. The number of nitrogens with one attached hydrogen (secondary N) is 1. The van der Waals surface area contributed by atoms with Crippen LogP contribution in [-0.2, 0) is 19.5 Å². The quantitative estimate of drug-likeness (QED) is 0.733. The molecule has 1 aromatic carbocycles. The first kappa shape index (κ1) is 18.7. The number of hydrogen-bond donors (Lipinski definition) is 2. The van der Waals surface area contributed by atoms with E-state index < -0.39 is 22.0 Å². The molecule has 1 aliphatic heterocycles. The predicted molar refractivity (Wildman–Crippen MR) is 88.1 cm³/mol. The molecular weight excluding hydrogens is 336 g/mol. The molecule has 2 N–H and O–H groups in total. The largest absolute Gasteiger partial charge is 0.478 e. The molecule has 2 rings (SSSR count). The van der Waals surface area contributed by atoms with Crippen molar-refractivity contribution in [1.82, 2.24) is 4.72 Å². The maximum Gasteiger partial charge on any atom is 0.335 e. The summed E-state index contributed by atoms with van der Waals surface area (Å²) in [4.78, 5) is 13.1. The van der Waals surface area contributed by atoms with Crippen LogP contribution in [0.1, 0.15) is 17.3 Å². The van der Waals surface area contributed by atoms with Crippen LogP contribution >= 0.6 is 0 Å². The van der Waals surface area contributed by atoms with Gasteiger partial charge in [-0.05, 0) is 25.1 Å². The molecule has 0 aromatic heterocycles. The number of anilines is 1. The van der Waals surface area contributed by atoms with Crippen molar-refractivity contribution in [3.05, 3.63) is 23.8 Å².